The highest BCUT2D eigenvalue weighted by molar-refractivity contribution is 7.47. The van der Waals surface area contributed by atoms with E-state index in [0.29, 0.717) is 17.4 Å². The number of likely N-dealkylation sites (N-methyl/N-ethyl adjacent to an activating group) is 1. The number of aliphatic hydroxyl groups is 1. The molecule has 0 radical (unpaired) electrons. The second-order valence-corrected chi connectivity index (χ2v) is 21.0. The summed E-state index contributed by atoms with van der Waals surface area (Å²) >= 11 is 0. The summed E-state index contributed by atoms with van der Waals surface area (Å²) in [5.74, 6) is -0.183. The van der Waals surface area contributed by atoms with Crippen LogP contribution in [0.1, 0.15) is 232 Å². The Morgan fingerprint density at radius 1 is 0.530 bits per heavy atom. The molecule has 8 nitrogen and oxygen atoms in total. The van der Waals surface area contributed by atoms with Crippen LogP contribution in [0.3, 0.4) is 0 Å². The van der Waals surface area contributed by atoms with Gasteiger partial charge in [-0.15, -0.1) is 0 Å². The summed E-state index contributed by atoms with van der Waals surface area (Å²) in [5, 5.41) is 13.6. The predicted molar refractivity (Wildman–Crippen MR) is 286 cm³/mol. The van der Waals surface area contributed by atoms with Gasteiger partial charge in [0.1, 0.15) is 13.2 Å². The van der Waals surface area contributed by atoms with Crippen molar-refractivity contribution in [1.82, 2.24) is 5.32 Å². The van der Waals surface area contributed by atoms with Gasteiger partial charge in [-0.3, -0.25) is 13.8 Å². The Labute approximate surface area is 408 Å². The standard InChI is InChI=1S/C57H105N2O6P/c1-6-8-10-12-13-14-15-16-17-18-19-20-21-22-23-24-25-26-27-28-29-30-31-32-33-34-35-36-37-38-39-40-41-42-43-44-45-47-49-51-57(61)58-55(56(60)50-48-46-11-9-7-2)54-65-66(62,63)64-53-52-59(3,4)5/h8,10,13-14,16-17,19-20,22-23,48,50,55-56,60H,6-7,9,11-12,15,18,21,24-47,49,51-54H2,1-5H3,(H-,58,61,62,63)/p+1/b10-8-,14-13-,17-16-,20-19-,23-22-,50-48+. The number of hydrogen-bond acceptors (Lipinski definition) is 5. The Kier molecular flexibility index (Phi) is 46.5. The largest absolute Gasteiger partial charge is 0.472 e. The fourth-order valence-electron chi connectivity index (χ4n) is 7.66. The van der Waals surface area contributed by atoms with Gasteiger partial charge in [0.05, 0.1) is 39.9 Å². The van der Waals surface area contributed by atoms with Crippen LogP contribution in [0.4, 0.5) is 0 Å². The first-order valence-corrected chi connectivity index (χ1v) is 28.8. The number of amides is 1. The first-order valence-electron chi connectivity index (χ1n) is 27.3. The van der Waals surface area contributed by atoms with E-state index in [9.17, 15) is 19.4 Å². The third kappa shape index (κ3) is 49.8. The predicted octanol–water partition coefficient (Wildman–Crippen LogP) is 16.3. The van der Waals surface area contributed by atoms with Crippen molar-refractivity contribution in [2.75, 3.05) is 40.9 Å². The Morgan fingerprint density at radius 3 is 1.33 bits per heavy atom. The number of carbonyl (C=O) groups excluding carboxylic acids is 1. The van der Waals surface area contributed by atoms with Gasteiger partial charge in [-0.05, 0) is 64.2 Å². The summed E-state index contributed by atoms with van der Waals surface area (Å²) in [6.07, 6.45) is 66.5. The molecule has 0 heterocycles. The highest BCUT2D eigenvalue weighted by atomic mass is 31.2. The molecule has 0 aliphatic heterocycles. The summed E-state index contributed by atoms with van der Waals surface area (Å²) in [6, 6.07) is -0.842. The SMILES string of the molecule is CC/C=C\C/C=C\C/C=C\C/C=C\C/C=C\CCCCCCCCCCCCCCCCCCCCCCCCCC(=O)NC(COP(=O)(O)OCC[N+](C)(C)C)C(O)/C=C/CCCCC. The minimum absolute atomic E-state index is 0.0603. The molecule has 0 aromatic carbocycles. The Hall–Kier alpha value is -2.06. The number of rotatable bonds is 49. The molecule has 9 heteroatoms. The fraction of sp³-hybridized carbons (Fsp3) is 0.772. The molecule has 0 aromatic rings. The maximum absolute atomic E-state index is 12.8. The van der Waals surface area contributed by atoms with Crippen molar-refractivity contribution in [3.63, 3.8) is 0 Å². The quantitative estimate of drug-likeness (QED) is 0.0243. The first-order chi connectivity index (χ1) is 32.0. The molecule has 0 aromatic heterocycles. The van der Waals surface area contributed by atoms with Gasteiger partial charge in [0.25, 0.3) is 0 Å². The van der Waals surface area contributed by atoms with Crippen LogP contribution < -0.4 is 5.32 Å². The molecule has 3 unspecified atom stereocenters. The number of phosphoric ester groups is 1. The van der Waals surface area contributed by atoms with Gasteiger partial charge in [-0.25, -0.2) is 4.57 Å². The van der Waals surface area contributed by atoms with Gasteiger partial charge < -0.3 is 19.8 Å². The van der Waals surface area contributed by atoms with E-state index < -0.39 is 20.0 Å². The van der Waals surface area contributed by atoms with Gasteiger partial charge >= 0.3 is 7.82 Å². The van der Waals surface area contributed by atoms with E-state index in [-0.39, 0.29) is 19.1 Å². The van der Waals surface area contributed by atoms with Crippen LogP contribution in [0.25, 0.3) is 0 Å². The number of nitrogens with zero attached hydrogens (tertiary/aromatic N) is 1. The molecule has 0 aliphatic rings. The van der Waals surface area contributed by atoms with Crippen LogP contribution in [-0.4, -0.2) is 73.4 Å². The molecule has 0 saturated carbocycles. The summed E-state index contributed by atoms with van der Waals surface area (Å²) in [5.41, 5.74) is 0. The van der Waals surface area contributed by atoms with Crippen molar-refractivity contribution in [2.24, 2.45) is 0 Å². The summed E-state index contributed by atoms with van der Waals surface area (Å²) in [7, 11) is 1.57. The van der Waals surface area contributed by atoms with Crippen LogP contribution in [-0.2, 0) is 18.4 Å². The van der Waals surface area contributed by atoms with Gasteiger partial charge in [0.2, 0.25) is 5.91 Å². The summed E-state index contributed by atoms with van der Waals surface area (Å²) < 4.78 is 23.4. The van der Waals surface area contributed by atoms with E-state index >= 15 is 0 Å². The molecule has 384 valence electrons. The topological polar surface area (TPSA) is 105 Å². The molecule has 0 aliphatic carbocycles. The second kappa shape index (κ2) is 48.0. The van der Waals surface area contributed by atoms with E-state index in [1.807, 2.05) is 27.2 Å². The zero-order valence-electron chi connectivity index (χ0n) is 43.7. The number of carbonyl (C=O) groups is 1. The normalized spacial score (nSPS) is 14.6. The Balaban J connectivity index is 3.72. The zero-order valence-corrected chi connectivity index (χ0v) is 44.6. The molecular weight excluding hydrogens is 840 g/mol. The Bertz CT molecular complexity index is 1300. The average Bonchev–Trinajstić information content (AvgIpc) is 3.27. The average molecular weight is 946 g/mol. The molecule has 0 fully saturated rings. The second-order valence-electron chi connectivity index (χ2n) is 19.6. The lowest BCUT2D eigenvalue weighted by molar-refractivity contribution is -0.870. The monoisotopic (exact) mass is 946 g/mol. The molecule has 0 saturated heterocycles. The van der Waals surface area contributed by atoms with Crippen molar-refractivity contribution in [3.05, 3.63) is 72.9 Å². The number of phosphoric acid groups is 1. The number of unbranched alkanes of at least 4 members (excludes halogenated alkanes) is 26. The van der Waals surface area contributed by atoms with Crippen molar-refractivity contribution in [2.45, 2.75) is 244 Å². The molecule has 0 bridgehead atoms. The van der Waals surface area contributed by atoms with E-state index in [0.717, 1.165) is 77.0 Å². The maximum atomic E-state index is 12.8. The lowest BCUT2D eigenvalue weighted by Crippen LogP contribution is -2.45. The van der Waals surface area contributed by atoms with Crippen LogP contribution in [0.15, 0.2) is 72.9 Å². The van der Waals surface area contributed by atoms with Crippen molar-refractivity contribution < 1.29 is 32.9 Å². The van der Waals surface area contributed by atoms with Gasteiger partial charge in [-0.2, -0.15) is 0 Å². The molecule has 3 N–H and O–H groups in total. The van der Waals surface area contributed by atoms with Crippen LogP contribution in [0, 0.1) is 0 Å². The Morgan fingerprint density at radius 2 is 0.909 bits per heavy atom. The minimum Gasteiger partial charge on any atom is -0.387 e. The van der Waals surface area contributed by atoms with E-state index in [1.54, 1.807) is 6.08 Å². The zero-order chi connectivity index (χ0) is 48.5. The molecular formula is C57H106N2O6P+. The first kappa shape index (κ1) is 63.9. The lowest BCUT2D eigenvalue weighted by Gasteiger charge is -2.25. The van der Waals surface area contributed by atoms with Gasteiger partial charge in [-0.1, -0.05) is 234 Å². The van der Waals surface area contributed by atoms with Crippen LogP contribution >= 0.6 is 7.82 Å². The summed E-state index contributed by atoms with van der Waals surface area (Å²) in [4.78, 5) is 23.0. The maximum Gasteiger partial charge on any atom is 0.472 e. The van der Waals surface area contributed by atoms with E-state index in [2.05, 4.69) is 79.9 Å². The minimum atomic E-state index is -4.32. The van der Waals surface area contributed by atoms with Gasteiger partial charge in [0, 0.05) is 6.42 Å². The van der Waals surface area contributed by atoms with Crippen molar-refractivity contribution in [3.8, 4) is 0 Å². The molecule has 0 rings (SSSR count). The molecule has 0 spiro atoms. The van der Waals surface area contributed by atoms with Crippen LogP contribution in [0.2, 0.25) is 0 Å². The van der Waals surface area contributed by atoms with Gasteiger partial charge in [0.15, 0.2) is 0 Å². The number of nitrogens with one attached hydrogen (secondary N) is 1. The number of hydrogen-bond donors (Lipinski definition) is 3. The highest BCUT2D eigenvalue weighted by Gasteiger charge is 2.27. The fourth-order valence-corrected chi connectivity index (χ4v) is 8.39. The van der Waals surface area contributed by atoms with Crippen LogP contribution in [0.5, 0.6) is 0 Å². The highest BCUT2D eigenvalue weighted by Crippen LogP contribution is 2.43. The number of quaternary nitrogens is 1. The number of aliphatic hydroxyl groups excluding tert-OH is 1. The van der Waals surface area contributed by atoms with Crippen molar-refractivity contribution in [1.29, 1.82) is 0 Å². The number of allylic oxidation sites excluding steroid dienone is 11. The van der Waals surface area contributed by atoms with E-state index in [4.69, 9.17) is 9.05 Å². The van der Waals surface area contributed by atoms with Crippen molar-refractivity contribution >= 4 is 13.7 Å². The lowest BCUT2D eigenvalue weighted by atomic mass is 10.0. The molecule has 3 atom stereocenters. The third-order valence-electron chi connectivity index (χ3n) is 11.9. The molecule has 66 heavy (non-hydrogen) atoms. The van der Waals surface area contributed by atoms with E-state index in [1.165, 1.54) is 135 Å². The smallest absolute Gasteiger partial charge is 0.387 e. The summed E-state index contributed by atoms with van der Waals surface area (Å²) in [6.45, 7) is 4.59. The third-order valence-corrected chi connectivity index (χ3v) is 12.9. The molecule has 1 amide bonds.